The summed E-state index contributed by atoms with van der Waals surface area (Å²) in [5.74, 6) is 1.45. The highest BCUT2D eigenvalue weighted by atomic mass is 32.1. The quantitative estimate of drug-likeness (QED) is 0.732. The van der Waals surface area contributed by atoms with Gasteiger partial charge in [-0.05, 0) is 43.0 Å². The lowest BCUT2D eigenvalue weighted by Crippen LogP contribution is -2.33. The van der Waals surface area contributed by atoms with Crippen molar-refractivity contribution in [2.75, 3.05) is 0 Å². The fraction of sp³-hybridized carbons (Fsp3) is 0.733. The van der Waals surface area contributed by atoms with Gasteiger partial charge in [0.15, 0.2) is 0 Å². The third-order valence-corrected chi connectivity index (χ3v) is 4.11. The number of rotatable bonds is 7. The first kappa shape index (κ1) is 14.7. The van der Waals surface area contributed by atoms with E-state index in [9.17, 15) is 0 Å². The summed E-state index contributed by atoms with van der Waals surface area (Å²) in [4.78, 5) is 1.47. The molecule has 1 N–H and O–H groups in total. The van der Waals surface area contributed by atoms with Gasteiger partial charge in [-0.2, -0.15) is 0 Å². The first-order valence-corrected chi connectivity index (χ1v) is 7.68. The zero-order valence-electron chi connectivity index (χ0n) is 11.9. The molecule has 1 aromatic rings. The van der Waals surface area contributed by atoms with Crippen LogP contribution in [0.3, 0.4) is 0 Å². The Kier molecular flexibility index (Phi) is 6.21. The van der Waals surface area contributed by atoms with E-state index in [1.165, 1.54) is 17.7 Å². The van der Waals surface area contributed by atoms with Crippen molar-refractivity contribution in [1.29, 1.82) is 0 Å². The summed E-state index contributed by atoms with van der Waals surface area (Å²) < 4.78 is 0. The van der Waals surface area contributed by atoms with Gasteiger partial charge in [0.1, 0.15) is 0 Å². The van der Waals surface area contributed by atoms with Crippen LogP contribution in [0.25, 0.3) is 0 Å². The van der Waals surface area contributed by atoms with Crippen LogP contribution in [-0.4, -0.2) is 6.04 Å². The van der Waals surface area contributed by atoms with Gasteiger partial charge >= 0.3 is 0 Å². The SMILES string of the molecule is CC(C)CCC(C)NC(c1cccs1)C(C)C. The third-order valence-electron chi connectivity index (χ3n) is 3.16. The van der Waals surface area contributed by atoms with Gasteiger partial charge in [-0.1, -0.05) is 33.8 Å². The smallest absolute Gasteiger partial charge is 0.0440 e. The molecule has 1 aromatic heterocycles. The molecule has 17 heavy (non-hydrogen) atoms. The summed E-state index contributed by atoms with van der Waals surface area (Å²) in [6.45, 7) is 11.5. The minimum atomic E-state index is 0.511. The molecule has 0 saturated heterocycles. The predicted octanol–water partition coefficient (Wildman–Crippen LogP) is 4.86. The van der Waals surface area contributed by atoms with Crippen molar-refractivity contribution in [3.05, 3.63) is 22.4 Å². The average Bonchev–Trinajstić information content (AvgIpc) is 2.75. The second kappa shape index (κ2) is 7.17. The van der Waals surface area contributed by atoms with Crippen LogP contribution >= 0.6 is 11.3 Å². The first-order valence-electron chi connectivity index (χ1n) is 6.80. The molecule has 1 heterocycles. The third kappa shape index (κ3) is 5.22. The van der Waals surface area contributed by atoms with E-state index in [1.807, 2.05) is 11.3 Å². The van der Waals surface area contributed by atoms with E-state index in [0.717, 1.165) is 5.92 Å². The van der Waals surface area contributed by atoms with Gasteiger partial charge in [0.05, 0.1) is 0 Å². The van der Waals surface area contributed by atoms with Gasteiger partial charge < -0.3 is 5.32 Å². The Labute approximate surface area is 111 Å². The number of thiophene rings is 1. The minimum Gasteiger partial charge on any atom is -0.307 e. The number of hydrogen-bond donors (Lipinski definition) is 1. The second-order valence-electron chi connectivity index (χ2n) is 5.78. The van der Waals surface area contributed by atoms with E-state index < -0.39 is 0 Å². The summed E-state index contributed by atoms with van der Waals surface area (Å²) >= 11 is 1.86. The normalized spacial score (nSPS) is 15.5. The van der Waals surface area contributed by atoms with Crippen molar-refractivity contribution in [3.8, 4) is 0 Å². The lowest BCUT2D eigenvalue weighted by atomic mass is 9.99. The fourth-order valence-corrected chi connectivity index (χ4v) is 3.00. The standard InChI is InChI=1S/C15H27NS/c1-11(2)8-9-13(5)16-15(12(3)4)14-7-6-10-17-14/h6-7,10-13,15-16H,8-9H2,1-5H3. The van der Waals surface area contributed by atoms with Crippen LogP contribution in [0.4, 0.5) is 0 Å². The second-order valence-corrected chi connectivity index (χ2v) is 6.76. The molecule has 2 atom stereocenters. The fourth-order valence-electron chi connectivity index (χ4n) is 2.04. The Morgan fingerprint density at radius 1 is 1.12 bits per heavy atom. The van der Waals surface area contributed by atoms with Crippen LogP contribution in [0, 0.1) is 11.8 Å². The molecule has 1 rings (SSSR count). The van der Waals surface area contributed by atoms with Crippen LogP contribution < -0.4 is 5.32 Å². The van der Waals surface area contributed by atoms with E-state index in [0.29, 0.717) is 18.0 Å². The van der Waals surface area contributed by atoms with Crippen LogP contribution in [0.5, 0.6) is 0 Å². The molecule has 0 bridgehead atoms. The van der Waals surface area contributed by atoms with Crippen LogP contribution in [0.2, 0.25) is 0 Å². The molecule has 0 amide bonds. The highest BCUT2D eigenvalue weighted by molar-refractivity contribution is 7.10. The molecule has 0 aliphatic rings. The number of hydrogen-bond acceptors (Lipinski definition) is 2. The van der Waals surface area contributed by atoms with Crippen molar-refractivity contribution < 1.29 is 0 Å². The molecule has 0 aliphatic heterocycles. The van der Waals surface area contributed by atoms with Gasteiger partial charge in [-0.25, -0.2) is 0 Å². The van der Waals surface area contributed by atoms with E-state index >= 15 is 0 Å². The molecule has 2 heteroatoms. The zero-order valence-corrected chi connectivity index (χ0v) is 12.7. The molecule has 98 valence electrons. The molecule has 1 nitrogen and oxygen atoms in total. The molecule has 0 aromatic carbocycles. The van der Waals surface area contributed by atoms with Crippen LogP contribution in [0.15, 0.2) is 17.5 Å². The topological polar surface area (TPSA) is 12.0 Å². The maximum absolute atomic E-state index is 3.78. The van der Waals surface area contributed by atoms with E-state index in [1.54, 1.807) is 0 Å². The molecule has 0 saturated carbocycles. The Bertz CT molecular complexity index is 290. The maximum Gasteiger partial charge on any atom is 0.0440 e. The summed E-state index contributed by atoms with van der Waals surface area (Å²) in [7, 11) is 0. The molecule has 0 radical (unpaired) electrons. The highest BCUT2D eigenvalue weighted by Gasteiger charge is 2.18. The summed E-state index contributed by atoms with van der Waals surface area (Å²) in [6.07, 6.45) is 2.58. The van der Waals surface area contributed by atoms with Crippen molar-refractivity contribution in [2.45, 2.75) is 59.5 Å². The van der Waals surface area contributed by atoms with Crippen molar-refractivity contribution >= 4 is 11.3 Å². The lowest BCUT2D eigenvalue weighted by Gasteiger charge is -2.26. The van der Waals surface area contributed by atoms with E-state index in [2.05, 4.69) is 57.4 Å². The first-order chi connectivity index (χ1) is 8.00. The summed E-state index contributed by atoms with van der Waals surface area (Å²) in [6, 6.07) is 5.51. The maximum atomic E-state index is 3.78. The molecule has 2 unspecified atom stereocenters. The predicted molar refractivity (Wildman–Crippen MR) is 78.6 cm³/mol. The monoisotopic (exact) mass is 253 g/mol. The van der Waals surface area contributed by atoms with Crippen LogP contribution in [0.1, 0.15) is 58.4 Å². The van der Waals surface area contributed by atoms with Crippen LogP contribution in [-0.2, 0) is 0 Å². The van der Waals surface area contributed by atoms with Gasteiger partial charge in [-0.3, -0.25) is 0 Å². The van der Waals surface area contributed by atoms with Crippen molar-refractivity contribution in [2.24, 2.45) is 11.8 Å². The summed E-state index contributed by atoms with van der Waals surface area (Å²) in [5.41, 5.74) is 0. The molecule has 0 fully saturated rings. The van der Waals surface area contributed by atoms with E-state index in [4.69, 9.17) is 0 Å². The molecular formula is C15H27NS. The average molecular weight is 253 g/mol. The Morgan fingerprint density at radius 3 is 2.29 bits per heavy atom. The number of nitrogens with one attached hydrogen (secondary N) is 1. The Hall–Kier alpha value is -0.340. The van der Waals surface area contributed by atoms with E-state index in [-0.39, 0.29) is 0 Å². The van der Waals surface area contributed by atoms with Gasteiger partial charge in [0.2, 0.25) is 0 Å². The Morgan fingerprint density at radius 2 is 1.82 bits per heavy atom. The highest BCUT2D eigenvalue weighted by Crippen LogP contribution is 2.26. The largest absolute Gasteiger partial charge is 0.307 e. The summed E-state index contributed by atoms with van der Waals surface area (Å²) in [5, 5.41) is 5.96. The minimum absolute atomic E-state index is 0.511. The van der Waals surface area contributed by atoms with Crippen molar-refractivity contribution in [3.63, 3.8) is 0 Å². The van der Waals surface area contributed by atoms with Gasteiger partial charge in [0, 0.05) is 17.0 Å². The van der Waals surface area contributed by atoms with Gasteiger partial charge in [0.25, 0.3) is 0 Å². The molecule has 0 aliphatic carbocycles. The Balaban J connectivity index is 2.50. The molecular weight excluding hydrogens is 226 g/mol. The van der Waals surface area contributed by atoms with Gasteiger partial charge in [-0.15, -0.1) is 11.3 Å². The molecule has 0 spiro atoms. The lowest BCUT2D eigenvalue weighted by molar-refractivity contribution is 0.350. The zero-order chi connectivity index (χ0) is 12.8. The van der Waals surface area contributed by atoms with Crippen molar-refractivity contribution in [1.82, 2.24) is 5.32 Å².